The lowest BCUT2D eigenvalue weighted by molar-refractivity contribution is 0.235. The summed E-state index contributed by atoms with van der Waals surface area (Å²) in [7, 11) is 0. The maximum atomic E-state index is 11.9. The monoisotopic (exact) mass is 330 g/mol. The van der Waals surface area contributed by atoms with E-state index in [9.17, 15) is 4.79 Å². The summed E-state index contributed by atoms with van der Waals surface area (Å²) in [6, 6.07) is 1.26. The van der Waals surface area contributed by atoms with Gasteiger partial charge in [0.1, 0.15) is 12.4 Å². The Bertz CT molecular complexity index is 465. The van der Waals surface area contributed by atoms with E-state index in [1.165, 1.54) is 6.07 Å². The van der Waals surface area contributed by atoms with Gasteiger partial charge in [-0.3, -0.25) is 4.79 Å². The summed E-state index contributed by atoms with van der Waals surface area (Å²) >= 11 is 3.37. The van der Waals surface area contributed by atoms with E-state index < -0.39 is 0 Å². The molecule has 0 aliphatic rings. The molecular weight excluding hydrogens is 312 g/mol. The third-order valence-electron chi connectivity index (χ3n) is 2.48. The first-order valence-electron chi connectivity index (χ1n) is 6.32. The van der Waals surface area contributed by atoms with E-state index in [0.717, 1.165) is 24.6 Å². The van der Waals surface area contributed by atoms with E-state index in [0.29, 0.717) is 12.4 Å². The van der Waals surface area contributed by atoms with Gasteiger partial charge in [0.15, 0.2) is 5.76 Å². The van der Waals surface area contributed by atoms with Crippen molar-refractivity contribution in [3.8, 4) is 5.75 Å². The minimum absolute atomic E-state index is 0.217. The predicted octanol–water partition coefficient (Wildman–Crippen LogP) is 3.11. The van der Waals surface area contributed by atoms with Crippen molar-refractivity contribution in [2.45, 2.75) is 32.8 Å². The first kappa shape index (κ1) is 16.0. The number of aliphatic hydroxyl groups is 1. The van der Waals surface area contributed by atoms with Crippen LogP contribution >= 0.6 is 15.9 Å². The molecule has 0 spiro atoms. The number of ether oxygens (including phenoxy) is 1. The van der Waals surface area contributed by atoms with Crippen LogP contribution in [0.5, 0.6) is 5.75 Å². The molecule has 0 bridgehead atoms. The van der Waals surface area contributed by atoms with Crippen LogP contribution in [-0.2, 0) is 6.61 Å². The number of unbranched alkanes of at least 4 members (excludes halogenated alkanes) is 2. The zero-order chi connectivity index (χ0) is 14.1. The highest BCUT2D eigenvalue weighted by molar-refractivity contribution is 9.09. The Balaban J connectivity index is 2.78. The molecule has 0 saturated heterocycles. The van der Waals surface area contributed by atoms with E-state index in [-0.39, 0.29) is 23.5 Å². The normalized spacial score (nSPS) is 11.1. The average Bonchev–Trinajstić information content (AvgIpc) is 2.41. The molecule has 1 N–H and O–H groups in total. The smallest absolute Gasteiger partial charge is 0.227 e. The molecule has 0 atom stereocenters. The SMILES string of the molecule is C/C=C\c1oc(CO)cc(=O)c1OCCCCCBr. The summed E-state index contributed by atoms with van der Waals surface area (Å²) in [5.41, 5.74) is -0.260. The van der Waals surface area contributed by atoms with Crippen LogP contribution in [0.25, 0.3) is 6.08 Å². The zero-order valence-corrected chi connectivity index (χ0v) is 12.6. The number of hydrogen-bond donors (Lipinski definition) is 1. The average molecular weight is 331 g/mol. The maximum Gasteiger partial charge on any atom is 0.227 e. The molecule has 0 aliphatic carbocycles. The first-order valence-corrected chi connectivity index (χ1v) is 7.44. The minimum atomic E-state index is -0.300. The molecule has 5 heteroatoms. The van der Waals surface area contributed by atoms with E-state index in [1.807, 2.05) is 6.92 Å². The molecule has 0 fully saturated rings. The molecule has 0 aromatic carbocycles. The van der Waals surface area contributed by atoms with Crippen molar-refractivity contribution in [1.29, 1.82) is 0 Å². The van der Waals surface area contributed by atoms with Gasteiger partial charge in [-0.05, 0) is 32.3 Å². The molecule has 0 unspecified atom stereocenters. The lowest BCUT2D eigenvalue weighted by Gasteiger charge is -2.08. The topological polar surface area (TPSA) is 59.7 Å². The Kier molecular flexibility index (Phi) is 7.52. The van der Waals surface area contributed by atoms with Crippen molar-refractivity contribution in [2.24, 2.45) is 0 Å². The minimum Gasteiger partial charge on any atom is -0.486 e. The van der Waals surface area contributed by atoms with Gasteiger partial charge >= 0.3 is 0 Å². The first-order chi connectivity index (χ1) is 9.22. The van der Waals surface area contributed by atoms with Gasteiger partial charge in [-0.25, -0.2) is 0 Å². The summed E-state index contributed by atoms with van der Waals surface area (Å²) in [4.78, 5) is 11.9. The molecule has 19 heavy (non-hydrogen) atoms. The Labute approximate surface area is 121 Å². The third-order valence-corrected chi connectivity index (χ3v) is 3.04. The van der Waals surface area contributed by atoms with Gasteiger partial charge < -0.3 is 14.3 Å². The lowest BCUT2D eigenvalue weighted by atomic mass is 10.2. The molecule has 0 saturated carbocycles. The Morgan fingerprint density at radius 1 is 1.42 bits per heavy atom. The molecule has 1 rings (SSSR count). The van der Waals surface area contributed by atoms with Crippen molar-refractivity contribution in [3.05, 3.63) is 33.9 Å². The van der Waals surface area contributed by atoms with Gasteiger partial charge in [-0.1, -0.05) is 22.0 Å². The third kappa shape index (κ3) is 5.20. The largest absolute Gasteiger partial charge is 0.486 e. The molecule has 106 valence electrons. The summed E-state index contributed by atoms with van der Waals surface area (Å²) in [5.74, 6) is 0.818. The highest BCUT2D eigenvalue weighted by atomic mass is 79.9. The van der Waals surface area contributed by atoms with Gasteiger partial charge in [0.2, 0.25) is 11.2 Å². The molecule has 0 aliphatic heterocycles. The van der Waals surface area contributed by atoms with E-state index in [2.05, 4.69) is 15.9 Å². The molecule has 0 amide bonds. The lowest BCUT2D eigenvalue weighted by Crippen LogP contribution is -2.11. The van der Waals surface area contributed by atoms with Crippen LogP contribution in [0.1, 0.15) is 37.7 Å². The molecule has 1 heterocycles. The van der Waals surface area contributed by atoms with Crippen LogP contribution in [0.3, 0.4) is 0 Å². The van der Waals surface area contributed by atoms with Gasteiger partial charge in [0, 0.05) is 11.4 Å². The van der Waals surface area contributed by atoms with Gasteiger partial charge in [-0.2, -0.15) is 0 Å². The molecule has 1 aromatic heterocycles. The quantitative estimate of drug-likeness (QED) is 0.587. The van der Waals surface area contributed by atoms with E-state index >= 15 is 0 Å². The van der Waals surface area contributed by atoms with Crippen molar-refractivity contribution in [3.63, 3.8) is 0 Å². The highest BCUT2D eigenvalue weighted by Crippen LogP contribution is 2.18. The van der Waals surface area contributed by atoms with Crippen molar-refractivity contribution < 1.29 is 14.3 Å². The van der Waals surface area contributed by atoms with Crippen LogP contribution < -0.4 is 10.2 Å². The second kappa shape index (κ2) is 8.93. The van der Waals surface area contributed by atoms with Gasteiger partial charge in [0.05, 0.1) is 6.61 Å². The van der Waals surface area contributed by atoms with E-state index in [4.69, 9.17) is 14.3 Å². The van der Waals surface area contributed by atoms with Crippen molar-refractivity contribution in [1.82, 2.24) is 0 Å². The predicted molar refractivity (Wildman–Crippen MR) is 78.7 cm³/mol. The van der Waals surface area contributed by atoms with Gasteiger partial charge in [0.25, 0.3) is 0 Å². The fourth-order valence-electron chi connectivity index (χ4n) is 1.58. The number of alkyl halides is 1. The number of aliphatic hydroxyl groups excluding tert-OH is 1. The molecule has 1 aromatic rings. The summed E-state index contributed by atoms with van der Waals surface area (Å²) in [6.07, 6.45) is 6.45. The fraction of sp³-hybridized carbons (Fsp3) is 0.500. The highest BCUT2D eigenvalue weighted by Gasteiger charge is 2.11. The Morgan fingerprint density at radius 2 is 2.21 bits per heavy atom. The number of halogens is 1. The second-order valence-corrected chi connectivity index (χ2v) is 4.82. The Hall–Kier alpha value is -1.07. The number of rotatable bonds is 8. The maximum absolute atomic E-state index is 11.9. The van der Waals surface area contributed by atoms with Crippen LogP contribution in [0.2, 0.25) is 0 Å². The molecule has 0 radical (unpaired) electrons. The van der Waals surface area contributed by atoms with Crippen LogP contribution in [0, 0.1) is 0 Å². The summed E-state index contributed by atoms with van der Waals surface area (Å²) < 4.78 is 10.9. The second-order valence-electron chi connectivity index (χ2n) is 4.03. The molecular formula is C14H19BrO4. The number of allylic oxidation sites excluding steroid dienone is 1. The fourth-order valence-corrected chi connectivity index (χ4v) is 1.98. The Morgan fingerprint density at radius 3 is 2.84 bits per heavy atom. The summed E-state index contributed by atoms with van der Waals surface area (Å²) in [6.45, 7) is 2.01. The van der Waals surface area contributed by atoms with Gasteiger partial charge in [-0.15, -0.1) is 0 Å². The summed E-state index contributed by atoms with van der Waals surface area (Å²) in [5, 5.41) is 9.99. The molecule has 4 nitrogen and oxygen atoms in total. The van der Waals surface area contributed by atoms with Crippen LogP contribution in [0.4, 0.5) is 0 Å². The van der Waals surface area contributed by atoms with E-state index in [1.54, 1.807) is 12.2 Å². The zero-order valence-electron chi connectivity index (χ0n) is 11.0. The van der Waals surface area contributed by atoms with Crippen molar-refractivity contribution >= 4 is 22.0 Å². The number of hydrogen-bond acceptors (Lipinski definition) is 4. The standard InChI is InChI=1S/C14H19BrO4/c1-2-6-13-14(18-8-5-3-4-7-15)12(17)9-11(10-16)19-13/h2,6,9,16H,3-5,7-8,10H2,1H3/b6-2-. The van der Waals surface area contributed by atoms with Crippen LogP contribution in [0.15, 0.2) is 21.4 Å². The van der Waals surface area contributed by atoms with Crippen LogP contribution in [-0.4, -0.2) is 17.0 Å². The van der Waals surface area contributed by atoms with Crippen molar-refractivity contribution in [2.75, 3.05) is 11.9 Å².